The van der Waals surface area contributed by atoms with E-state index in [0.29, 0.717) is 40.9 Å². The second kappa shape index (κ2) is 10.3. The van der Waals surface area contributed by atoms with Gasteiger partial charge in [-0.2, -0.15) is 4.98 Å². The molecule has 0 atom stereocenters. The Bertz CT molecular complexity index is 1410. The Morgan fingerprint density at radius 1 is 1.11 bits per heavy atom. The first-order chi connectivity index (χ1) is 16.9. The second-order valence-corrected chi connectivity index (χ2v) is 7.86. The second-order valence-electron chi connectivity index (χ2n) is 7.86. The summed E-state index contributed by atoms with van der Waals surface area (Å²) in [5.41, 5.74) is 2.44. The van der Waals surface area contributed by atoms with Crippen molar-refractivity contribution in [2.24, 2.45) is 0 Å². The fourth-order valence-corrected chi connectivity index (χ4v) is 3.75. The SMILES string of the molecule is CCOc1ccccc1NC(=O)Cn1c(C)cc(C)c(-c2nc(-c3ccc(OC)cc3)no2)c1=O. The minimum atomic E-state index is -0.388. The lowest BCUT2D eigenvalue weighted by Crippen LogP contribution is -2.30. The number of para-hydroxylation sites is 2. The van der Waals surface area contributed by atoms with Crippen LogP contribution in [-0.4, -0.2) is 34.3 Å². The zero-order valence-corrected chi connectivity index (χ0v) is 20.0. The molecular weight excluding hydrogens is 448 g/mol. The van der Waals surface area contributed by atoms with E-state index in [1.165, 1.54) is 4.57 Å². The number of rotatable bonds is 8. The number of aromatic nitrogens is 3. The van der Waals surface area contributed by atoms with Crippen LogP contribution in [0.5, 0.6) is 11.5 Å². The summed E-state index contributed by atoms with van der Waals surface area (Å²) >= 11 is 0. The van der Waals surface area contributed by atoms with Crippen molar-refractivity contribution >= 4 is 11.6 Å². The Hall–Kier alpha value is -4.40. The van der Waals surface area contributed by atoms with Crippen LogP contribution in [0.1, 0.15) is 18.2 Å². The number of nitrogens with zero attached hydrogens (tertiary/aromatic N) is 3. The largest absolute Gasteiger partial charge is 0.497 e. The van der Waals surface area contributed by atoms with Crippen molar-refractivity contribution < 1.29 is 18.8 Å². The number of hydrogen-bond acceptors (Lipinski definition) is 7. The van der Waals surface area contributed by atoms with Gasteiger partial charge in [-0.25, -0.2) is 0 Å². The van der Waals surface area contributed by atoms with E-state index in [-0.39, 0.29) is 29.5 Å². The molecule has 4 rings (SSSR count). The molecule has 1 amide bonds. The number of carbonyl (C=O) groups is 1. The molecule has 4 aromatic rings. The zero-order valence-electron chi connectivity index (χ0n) is 20.0. The molecule has 1 N–H and O–H groups in total. The number of anilines is 1. The molecule has 0 aliphatic heterocycles. The molecule has 9 heteroatoms. The third kappa shape index (κ3) is 5.08. The van der Waals surface area contributed by atoms with Crippen molar-refractivity contribution in [2.75, 3.05) is 19.0 Å². The van der Waals surface area contributed by atoms with Crippen LogP contribution in [0.15, 0.2) is 63.9 Å². The van der Waals surface area contributed by atoms with E-state index in [2.05, 4.69) is 15.5 Å². The fourth-order valence-electron chi connectivity index (χ4n) is 3.75. The van der Waals surface area contributed by atoms with Crippen molar-refractivity contribution in [1.29, 1.82) is 0 Å². The lowest BCUT2D eigenvalue weighted by Gasteiger charge is -2.14. The van der Waals surface area contributed by atoms with Gasteiger partial charge in [0.1, 0.15) is 23.6 Å². The molecule has 0 bridgehead atoms. The van der Waals surface area contributed by atoms with Crippen LogP contribution in [0.4, 0.5) is 5.69 Å². The lowest BCUT2D eigenvalue weighted by molar-refractivity contribution is -0.116. The molecule has 35 heavy (non-hydrogen) atoms. The normalized spacial score (nSPS) is 10.7. The lowest BCUT2D eigenvalue weighted by atomic mass is 10.1. The topological polar surface area (TPSA) is 108 Å². The van der Waals surface area contributed by atoms with Gasteiger partial charge in [-0.3, -0.25) is 9.59 Å². The molecule has 2 heterocycles. The summed E-state index contributed by atoms with van der Waals surface area (Å²) in [7, 11) is 1.59. The maximum absolute atomic E-state index is 13.4. The van der Waals surface area contributed by atoms with Gasteiger partial charge in [-0.1, -0.05) is 17.3 Å². The van der Waals surface area contributed by atoms with E-state index in [9.17, 15) is 9.59 Å². The molecule has 0 saturated heterocycles. The Kier molecular flexibility index (Phi) is 6.96. The maximum Gasteiger partial charge on any atom is 0.264 e. The van der Waals surface area contributed by atoms with E-state index in [4.69, 9.17) is 14.0 Å². The van der Waals surface area contributed by atoms with Crippen LogP contribution < -0.4 is 20.3 Å². The summed E-state index contributed by atoms with van der Waals surface area (Å²) in [6.45, 7) is 5.72. The molecule has 2 aromatic heterocycles. The first-order valence-corrected chi connectivity index (χ1v) is 11.1. The molecule has 0 aliphatic rings. The summed E-state index contributed by atoms with van der Waals surface area (Å²) in [6, 6.07) is 16.2. The zero-order chi connectivity index (χ0) is 24.9. The minimum absolute atomic E-state index is 0.0918. The van der Waals surface area contributed by atoms with Gasteiger partial charge in [0.05, 0.1) is 19.4 Å². The number of benzene rings is 2. The molecule has 9 nitrogen and oxygen atoms in total. The van der Waals surface area contributed by atoms with Gasteiger partial charge in [-0.05, 0) is 68.8 Å². The number of amides is 1. The van der Waals surface area contributed by atoms with Gasteiger partial charge in [0.25, 0.3) is 11.4 Å². The van der Waals surface area contributed by atoms with Crippen LogP contribution in [0, 0.1) is 13.8 Å². The predicted octanol–water partition coefficient (Wildman–Crippen LogP) is 4.23. The van der Waals surface area contributed by atoms with Crippen molar-refractivity contribution in [3.8, 4) is 34.3 Å². The van der Waals surface area contributed by atoms with Crippen molar-refractivity contribution in [3.05, 3.63) is 76.2 Å². The number of nitrogens with one attached hydrogen (secondary N) is 1. The number of pyridine rings is 1. The fraction of sp³-hybridized carbons (Fsp3) is 0.231. The smallest absolute Gasteiger partial charge is 0.264 e. The highest BCUT2D eigenvalue weighted by Gasteiger charge is 2.20. The molecule has 0 unspecified atom stereocenters. The van der Waals surface area contributed by atoms with Crippen LogP contribution in [-0.2, 0) is 11.3 Å². The minimum Gasteiger partial charge on any atom is -0.497 e. The summed E-state index contributed by atoms with van der Waals surface area (Å²) in [4.78, 5) is 30.7. The molecule has 2 aromatic carbocycles. The first kappa shape index (κ1) is 23.7. The van der Waals surface area contributed by atoms with Crippen molar-refractivity contribution in [3.63, 3.8) is 0 Å². The van der Waals surface area contributed by atoms with E-state index in [0.717, 1.165) is 5.56 Å². The van der Waals surface area contributed by atoms with Crippen LogP contribution in [0.2, 0.25) is 0 Å². The first-order valence-electron chi connectivity index (χ1n) is 11.1. The summed E-state index contributed by atoms with van der Waals surface area (Å²) in [5.74, 6) is 1.35. The highest BCUT2D eigenvalue weighted by Crippen LogP contribution is 2.25. The number of methoxy groups -OCH3 is 1. The van der Waals surface area contributed by atoms with Gasteiger partial charge in [0.15, 0.2) is 0 Å². The maximum atomic E-state index is 13.4. The van der Waals surface area contributed by atoms with Crippen LogP contribution in [0.3, 0.4) is 0 Å². The van der Waals surface area contributed by atoms with E-state index in [1.54, 1.807) is 63.4 Å². The monoisotopic (exact) mass is 474 g/mol. The molecular formula is C26H26N4O5. The highest BCUT2D eigenvalue weighted by molar-refractivity contribution is 5.92. The molecule has 0 fully saturated rings. The third-order valence-corrected chi connectivity index (χ3v) is 5.46. The molecule has 0 radical (unpaired) electrons. The molecule has 0 spiro atoms. The number of carbonyl (C=O) groups excluding carboxylic acids is 1. The number of hydrogen-bond donors (Lipinski definition) is 1. The van der Waals surface area contributed by atoms with Gasteiger partial charge >= 0.3 is 0 Å². The summed E-state index contributed by atoms with van der Waals surface area (Å²) < 4.78 is 17.6. The summed E-state index contributed by atoms with van der Waals surface area (Å²) in [6.07, 6.45) is 0. The highest BCUT2D eigenvalue weighted by atomic mass is 16.5. The predicted molar refractivity (Wildman–Crippen MR) is 132 cm³/mol. The average Bonchev–Trinajstić information content (AvgIpc) is 3.33. The van der Waals surface area contributed by atoms with Gasteiger partial charge < -0.3 is 23.9 Å². The van der Waals surface area contributed by atoms with E-state index < -0.39 is 0 Å². The van der Waals surface area contributed by atoms with E-state index >= 15 is 0 Å². The van der Waals surface area contributed by atoms with Crippen LogP contribution in [0.25, 0.3) is 22.8 Å². The Morgan fingerprint density at radius 3 is 2.57 bits per heavy atom. The van der Waals surface area contributed by atoms with E-state index in [1.807, 2.05) is 19.1 Å². The van der Waals surface area contributed by atoms with Crippen molar-refractivity contribution in [1.82, 2.24) is 14.7 Å². The molecule has 0 saturated carbocycles. The quantitative estimate of drug-likeness (QED) is 0.407. The Morgan fingerprint density at radius 2 is 1.86 bits per heavy atom. The molecule has 0 aliphatic carbocycles. The van der Waals surface area contributed by atoms with Crippen molar-refractivity contribution in [2.45, 2.75) is 27.3 Å². The Balaban J connectivity index is 1.62. The van der Waals surface area contributed by atoms with Gasteiger partial charge in [0, 0.05) is 11.3 Å². The van der Waals surface area contributed by atoms with Crippen LogP contribution >= 0.6 is 0 Å². The molecule has 180 valence electrons. The number of ether oxygens (including phenoxy) is 2. The van der Waals surface area contributed by atoms with Gasteiger partial charge in [0.2, 0.25) is 11.7 Å². The average molecular weight is 475 g/mol. The number of aryl methyl sites for hydroxylation is 2. The Labute approximate surface area is 202 Å². The standard InChI is InChI=1S/C26H26N4O5/c1-5-34-21-9-7-6-8-20(21)27-22(31)15-30-17(3)14-16(2)23(26(30)32)25-28-24(29-35-25)18-10-12-19(33-4)13-11-18/h6-14H,5,15H2,1-4H3,(H,27,31). The summed E-state index contributed by atoms with van der Waals surface area (Å²) in [5, 5.41) is 6.85. The third-order valence-electron chi connectivity index (χ3n) is 5.46. The van der Waals surface area contributed by atoms with Gasteiger partial charge in [-0.15, -0.1) is 0 Å².